The molecule has 3 nitrogen and oxygen atoms in total. The number of hydrogen-bond acceptors (Lipinski definition) is 3. The third kappa shape index (κ3) is 4.40. The van der Waals surface area contributed by atoms with Gasteiger partial charge in [0, 0.05) is 6.61 Å². The van der Waals surface area contributed by atoms with E-state index in [0.29, 0.717) is 6.10 Å². The molecule has 3 heteroatoms. The number of aliphatic hydroxyl groups is 1. The zero-order valence-electron chi connectivity index (χ0n) is 9.38. The molecule has 0 bridgehead atoms. The fraction of sp³-hybridized carbons (Fsp3) is 1.00. The minimum Gasteiger partial charge on any atom is -0.390 e. The average molecular weight is 201 g/mol. The third-order valence-corrected chi connectivity index (χ3v) is 2.94. The summed E-state index contributed by atoms with van der Waals surface area (Å²) in [5, 5.41) is 13.1. The van der Waals surface area contributed by atoms with Crippen LogP contribution in [-0.4, -0.2) is 37.0 Å². The van der Waals surface area contributed by atoms with E-state index in [1.54, 1.807) is 0 Å². The smallest absolute Gasteiger partial charge is 0.0632 e. The highest BCUT2D eigenvalue weighted by Crippen LogP contribution is 2.23. The SMILES string of the molecule is CNCCC(C)(O)CCC1CCCO1. The summed E-state index contributed by atoms with van der Waals surface area (Å²) in [6.07, 6.45) is 5.41. The zero-order chi connectivity index (χ0) is 10.4. The average Bonchev–Trinajstić information content (AvgIpc) is 2.64. The Morgan fingerprint density at radius 3 is 2.86 bits per heavy atom. The molecule has 1 fully saturated rings. The predicted molar refractivity (Wildman–Crippen MR) is 57.4 cm³/mol. The molecule has 0 aromatic rings. The van der Waals surface area contributed by atoms with Crippen LogP contribution in [0.2, 0.25) is 0 Å². The third-order valence-electron chi connectivity index (χ3n) is 2.94. The lowest BCUT2D eigenvalue weighted by Gasteiger charge is -2.24. The van der Waals surface area contributed by atoms with E-state index in [9.17, 15) is 5.11 Å². The van der Waals surface area contributed by atoms with E-state index in [-0.39, 0.29) is 0 Å². The molecule has 0 spiro atoms. The lowest BCUT2D eigenvalue weighted by molar-refractivity contribution is 0.0193. The van der Waals surface area contributed by atoms with Gasteiger partial charge in [0.2, 0.25) is 0 Å². The van der Waals surface area contributed by atoms with Crippen LogP contribution in [0.15, 0.2) is 0 Å². The van der Waals surface area contributed by atoms with Gasteiger partial charge in [0.05, 0.1) is 11.7 Å². The molecule has 0 aromatic carbocycles. The highest BCUT2D eigenvalue weighted by Gasteiger charge is 2.23. The first-order valence-electron chi connectivity index (χ1n) is 5.63. The predicted octanol–water partition coefficient (Wildman–Crippen LogP) is 1.31. The Labute approximate surface area is 86.8 Å². The fourth-order valence-electron chi connectivity index (χ4n) is 1.86. The van der Waals surface area contributed by atoms with Crippen LogP contribution in [0.5, 0.6) is 0 Å². The van der Waals surface area contributed by atoms with Crippen LogP contribution in [0.3, 0.4) is 0 Å². The zero-order valence-corrected chi connectivity index (χ0v) is 9.38. The van der Waals surface area contributed by atoms with Crippen molar-refractivity contribution in [1.82, 2.24) is 5.32 Å². The van der Waals surface area contributed by atoms with Gasteiger partial charge >= 0.3 is 0 Å². The molecule has 1 rings (SSSR count). The van der Waals surface area contributed by atoms with E-state index in [0.717, 1.165) is 32.4 Å². The highest BCUT2D eigenvalue weighted by atomic mass is 16.5. The van der Waals surface area contributed by atoms with Gasteiger partial charge in [0.25, 0.3) is 0 Å². The summed E-state index contributed by atoms with van der Waals surface area (Å²) >= 11 is 0. The Morgan fingerprint density at radius 2 is 2.29 bits per heavy atom. The van der Waals surface area contributed by atoms with E-state index in [4.69, 9.17) is 4.74 Å². The summed E-state index contributed by atoms with van der Waals surface area (Å²) in [5.41, 5.74) is -0.533. The molecule has 1 saturated heterocycles. The van der Waals surface area contributed by atoms with Crippen molar-refractivity contribution < 1.29 is 9.84 Å². The fourth-order valence-corrected chi connectivity index (χ4v) is 1.86. The molecule has 1 aliphatic heterocycles. The Hall–Kier alpha value is -0.120. The van der Waals surface area contributed by atoms with Crippen molar-refractivity contribution in [3.63, 3.8) is 0 Å². The topological polar surface area (TPSA) is 41.5 Å². The molecule has 1 heterocycles. The van der Waals surface area contributed by atoms with Crippen LogP contribution in [0.1, 0.15) is 39.0 Å². The molecule has 0 saturated carbocycles. The molecule has 0 aromatic heterocycles. The standard InChI is InChI=1S/C11H23NO2/c1-11(13,7-8-12-2)6-5-10-4-3-9-14-10/h10,12-13H,3-9H2,1-2H3. The first-order valence-corrected chi connectivity index (χ1v) is 5.63. The second-order valence-electron chi connectivity index (χ2n) is 4.52. The van der Waals surface area contributed by atoms with Gasteiger partial charge in [0.1, 0.15) is 0 Å². The minimum absolute atomic E-state index is 0.399. The van der Waals surface area contributed by atoms with Gasteiger partial charge in [-0.25, -0.2) is 0 Å². The van der Waals surface area contributed by atoms with Crippen molar-refractivity contribution in [2.75, 3.05) is 20.2 Å². The molecule has 2 unspecified atom stereocenters. The Balaban J connectivity index is 2.14. The lowest BCUT2D eigenvalue weighted by Crippen LogP contribution is -2.30. The normalized spacial score (nSPS) is 26.4. The van der Waals surface area contributed by atoms with Crippen molar-refractivity contribution in [1.29, 1.82) is 0 Å². The lowest BCUT2D eigenvalue weighted by atomic mass is 9.94. The maximum absolute atomic E-state index is 10.0. The quantitative estimate of drug-likeness (QED) is 0.681. The van der Waals surface area contributed by atoms with Crippen molar-refractivity contribution in [3.05, 3.63) is 0 Å². The largest absolute Gasteiger partial charge is 0.390 e. The number of rotatable bonds is 6. The molecule has 0 radical (unpaired) electrons. The number of nitrogens with one attached hydrogen (secondary N) is 1. The highest BCUT2D eigenvalue weighted by molar-refractivity contribution is 4.76. The van der Waals surface area contributed by atoms with E-state index >= 15 is 0 Å². The maximum atomic E-state index is 10.0. The van der Waals surface area contributed by atoms with Crippen molar-refractivity contribution in [2.24, 2.45) is 0 Å². The molecule has 14 heavy (non-hydrogen) atoms. The summed E-state index contributed by atoms with van der Waals surface area (Å²) < 4.78 is 5.53. The van der Waals surface area contributed by atoms with Gasteiger partial charge in [-0.2, -0.15) is 0 Å². The van der Waals surface area contributed by atoms with Crippen LogP contribution in [0, 0.1) is 0 Å². The van der Waals surface area contributed by atoms with Gasteiger partial charge < -0.3 is 15.2 Å². The Bertz CT molecular complexity index is 153. The van der Waals surface area contributed by atoms with Gasteiger partial charge in [-0.05, 0) is 52.6 Å². The van der Waals surface area contributed by atoms with E-state index in [1.807, 2.05) is 14.0 Å². The molecule has 1 aliphatic rings. The number of ether oxygens (including phenoxy) is 1. The van der Waals surface area contributed by atoms with Crippen LogP contribution in [0.4, 0.5) is 0 Å². The van der Waals surface area contributed by atoms with Crippen molar-refractivity contribution in [3.8, 4) is 0 Å². The van der Waals surface area contributed by atoms with Crippen LogP contribution in [0.25, 0.3) is 0 Å². The van der Waals surface area contributed by atoms with Gasteiger partial charge in [-0.1, -0.05) is 0 Å². The van der Waals surface area contributed by atoms with Gasteiger partial charge in [0.15, 0.2) is 0 Å². The monoisotopic (exact) mass is 201 g/mol. The number of hydrogen-bond donors (Lipinski definition) is 2. The van der Waals surface area contributed by atoms with Gasteiger partial charge in [-0.3, -0.25) is 0 Å². The summed E-state index contributed by atoms with van der Waals surface area (Å²) in [6, 6.07) is 0. The van der Waals surface area contributed by atoms with E-state index in [2.05, 4.69) is 5.32 Å². The van der Waals surface area contributed by atoms with E-state index in [1.165, 1.54) is 12.8 Å². The molecule has 0 aliphatic carbocycles. The molecular weight excluding hydrogens is 178 g/mol. The summed E-state index contributed by atoms with van der Waals surface area (Å²) in [5.74, 6) is 0. The molecule has 2 atom stereocenters. The summed E-state index contributed by atoms with van der Waals surface area (Å²) in [7, 11) is 1.91. The first-order chi connectivity index (χ1) is 6.64. The Kier molecular flexibility index (Phi) is 4.85. The first kappa shape index (κ1) is 12.0. The van der Waals surface area contributed by atoms with Crippen LogP contribution < -0.4 is 5.32 Å². The Morgan fingerprint density at radius 1 is 1.50 bits per heavy atom. The molecular formula is C11H23NO2. The van der Waals surface area contributed by atoms with Crippen molar-refractivity contribution >= 4 is 0 Å². The summed E-state index contributed by atoms with van der Waals surface area (Å²) in [4.78, 5) is 0. The molecule has 0 amide bonds. The van der Waals surface area contributed by atoms with Crippen LogP contribution in [-0.2, 0) is 4.74 Å². The molecule has 84 valence electrons. The van der Waals surface area contributed by atoms with E-state index < -0.39 is 5.60 Å². The molecule has 2 N–H and O–H groups in total. The second-order valence-corrected chi connectivity index (χ2v) is 4.52. The van der Waals surface area contributed by atoms with Crippen molar-refractivity contribution in [2.45, 2.75) is 50.7 Å². The minimum atomic E-state index is -0.533. The van der Waals surface area contributed by atoms with Gasteiger partial charge in [-0.15, -0.1) is 0 Å². The summed E-state index contributed by atoms with van der Waals surface area (Å²) in [6.45, 7) is 3.70. The van der Waals surface area contributed by atoms with Crippen LogP contribution >= 0.6 is 0 Å². The maximum Gasteiger partial charge on any atom is 0.0632 e. The second kappa shape index (κ2) is 5.69.